The molecule has 0 saturated heterocycles. The SMILES string of the molecule is Cc1cc(OCCS(=O)(=O)Cl)ccc1Cl. The van der Waals surface area contributed by atoms with Crippen LogP contribution >= 0.6 is 22.3 Å². The first-order chi connectivity index (χ1) is 6.88. The molecular weight excluding hydrogens is 259 g/mol. The van der Waals surface area contributed by atoms with Gasteiger partial charge >= 0.3 is 0 Å². The molecule has 0 heterocycles. The summed E-state index contributed by atoms with van der Waals surface area (Å²) < 4.78 is 26.4. The van der Waals surface area contributed by atoms with E-state index in [4.69, 9.17) is 27.0 Å². The van der Waals surface area contributed by atoms with Gasteiger partial charge in [0.25, 0.3) is 0 Å². The highest BCUT2D eigenvalue weighted by molar-refractivity contribution is 8.13. The molecule has 84 valence electrons. The van der Waals surface area contributed by atoms with Crippen LogP contribution in [0.1, 0.15) is 5.56 Å². The normalized spacial score (nSPS) is 11.4. The molecule has 15 heavy (non-hydrogen) atoms. The van der Waals surface area contributed by atoms with Gasteiger partial charge in [-0.15, -0.1) is 0 Å². The minimum absolute atomic E-state index is 0.0346. The lowest BCUT2D eigenvalue weighted by atomic mass is 10.2. The average Bonchev–Trinajstić information content (AvgIpc) is 2.09. The molecule has 0 atom stereocenters. The fourth-order valence-electron chi connectivity index (χ4n) is 0.966. The summed E-state index contributed by atoms with van der Waals surface area (Å²) in [7, 11) is 1.54. The highest BCUT2D eigenvalue weighted by atomic mass is 35.7. The molecule has 0 saturated carbocycles. The smallest absolute Gasteiger partial charge is 0.235 e. The summed E-state index contributed by atoms with van der Waals surface area (Å²) in [6, 6.07) is 5.11. The van der Waals surface area contributed by atoms with Crippen LogP contribution in [0.3, 0.4) is 0 Å². The summed E-state index contributed by atoms with van der Waals surface area (Å²) in [5, 5.41) is 0.646. The minimum atomic E-state index is -3.49. The number of halogens is 2. The molecule has 0 radical (unpaired) electrons. The molecule has 0 unspecified atom stereocenters. The van der Waals surface area contributed by atoms with E-state index in [1.54, 1.807) is 18.2 Å². The average molecular weight is 269 g/mol. The maximum atomic E-state index is 10.6. The zero-order chi connectivity index (χ0) is 11.5. The van der Waals surface area contributed by atoms with E-state index in [1.807, 2.05) is 6.92 Å². The quantitative estimate of drug-likeness (QED) is 0.789. The minimum Gasteiger partial charge on any atom is -0.492 e. The molecule has 0 aliphatic carbocycles. The Hall–Kier alpha value is -0.450. The molecule has 3 nitrogen and oxygen atoms in total. The first-order valence-corrected chi connectivity index (χ1v) is 7.05. The molecule has 6 heteroatoms. The van der Waals surface area contributed by atoms with Crippen LogP contribution in [-0.4, -0.2) is 20.8 Å². The van der Waals surface area contributed by atoms with Crippen molar-refractivity contribution >= 4 is 31.3 Å². The second-order valence-corrected chi connectivity index (χ2v) is 6.31. The monoisotopic (exact) mass is 268 g/mol. The third-order valence-corrected chi connectivity index (χ3v) is 3.27. The Labute approximate surface area is 98.4 Å². The van der Waals surface area contributed by atoms with E-state index in [0.29, 0.717) is 10.8 Å². The number of hydrogen-bond donors (Lipinski definition) is 0. The van der Waals surface area contributed by atoms with Crippen LogP contribution in [0.25, 0.3) is 0 Å². The van der Waals surface area contributed by atoms with E-state index in [9.17, 15) is 8.42 Å². The lowest BCUT2D eigenvalue weighted by molar-refractivity contribution is 0.341. The Balaban J connectivity index is 2.55. The summed E-state index contributed by atoms with van der Waals surface area (Å²) >= 11 is 5.81. The van der Waals surface area contributed by atoms with Crippen LogP contribution in [0.2, 0.25) is 5.02 Å². The van der Waals surface area contributed by atoms with Crippen LogP contribution in [0, 0.1) is 6.92 Å². The molecule has 0 bridgehead atoms. The van der Waals surface area contributed by atoms with Crippen molar-refractivity contribution in [1.29, 1.82) is 0 Å². The predicted octanol–water partition coefficient (Wildman–Crippen LogP) is 2.60. The first kappa shape index (κ1) is 12.6. The Morgan fingerprint density at radius 2 is 2.07 bits per heavy atom. The summed E-state index contributed by atoms with van der Waals surface area (Å²) in [6.45, 7) is 1.88. The van der Waals surface area contributed by atoms with Crippen LogP contribution in [0.4, 0.5) is 0 Å². The third-order valence-electron chi connectivity index (χ3n) is 1.73. The number of aryl methyl sites for hydroxylation is 1. The van der Waals surface area contributed by atoms with E-state index >= 15 is 0 Å². The molecule has 0 amide bonds. The number of hydrogen-bond acceptors (Lipinski definition) is 3. The Kier molecular flexibility index (Phi) is 4.25. The number of rotatable bonds is 4. The molecule has 0 spiro atoms. The molecule has 0 aromatic heterocycles. The molecule has 1 aromatic rings. The molecule has 1 aromatic carbocycles. The largest absolute Gasteiger partial charge is 0.492 e. The van der Waals surface area contributed by atoms with Gasteiger partial charge in [-0.1, -0.05) is 11.6 Å². The number of ether oxygens (including phenoxy) is 1. The van der Waals surface area contributed by atoms with Gasteiger partial charge in [-0.2, -0.15) is 0 Å². The van der Waals surface area contributed by atoms with Crippen LogP contribution in [0.15, 0.2) is 18.2 Å². The van der Waals surface area contributed by atoms with Crippen LogP contribution in [0.5, 0.6) is 5.75 Å². The maximum absolute atomic E-state index is 10.6. The van der Waals surface area contributed by atoms with Gasteiger partial charge in [-0.05, 0) is 30.7 Å². The molecular formula is C9H10Cl2O3S. The Bertz CT molecular complexity index is 443. The lowest BCUT2D eigenvalue weighted by Gasteiger charge is -2.06. The van der Waals surface area contributed by atoms with E-state index in [-0.39, 0.29) is 12.4 Å². The highest BCUT2D eigenvalue weighted by Gasteiger charge is 2.05. The van der Waals surface area contributed by atoms with E-state index < -0.39 is 9.05 Å². The lowest BCUT2D eigenvalue weighted by Crippen LogP contribution is -2.08. The zero-order valence-electron chi connectivity index (χ0n) is 8.04. The van der Waals surface area contributed by atoms with Crippen molar-refractivity contribution in [2.45, 2.75) is 6.92 Å². The highest BCUT2D eigenvalue weighted by Crippen LogP contribution is 2.20. The van der Waals surface area contributed by atoms with E-state index in [1.165, 1.54) is 0 Å². The molecule has 0 aliphatic heterocycles. The molecule has 0 fully saturated rings. The molecule has 0 N–H and O–H groups in total. The molecule has 0 aliphatic rings. The van der Waals surface area contributed by atoms with Gasteiger partial charge in [0.05, 0.1) is 5.75 Å². The topological polar surface area (TPSA) is 43.4 Å². The summed E-state index contributed by atoms with van der Waals surface area (Å²) in [6.07, 6.45) is 0. The van der Waals surface area contributed by atoms with Crippen molar-refractivity contribution in [3.63, 3.8) is 0 Å². The third kappa shape index (κ3) is 4.73. The molecule has 1 rings (SSSR count). The van der Waals surface area contributed by atoms with E-state index in [0.717, 1.165) is 5.56 Å². The van der Waals surface area contributed by atoms with Crippen molar-refractivity contribution in [1.82, 2.24) is 0 Å². The van der Waals surface area contributed by atoms with Gasteiger partial charge in [0.2, 0.25) is 9.05 Å². The van der Waals surface area contributed by atoms with Gasteiger partial charge in [0.15, 0.2) is 0 Å². The van der Waals surface area contributed by atoms with Gasteiger partial charge in [-0.25, -0.2) is 8.42 Å². The Morgan fingerprint density at radius 3 is 2.60 bits per heavy atom. The van der Waals surface area contributed by atoms with Crippen molar-refractivity contribution < 1.29 is 13.2 Å². The summed E-state index contributed by atoms with van der Waals surface area (Å²) in [5.74, 6) is 0.369. The van der Waals surface area contributed by atoms with Crippen molar-refractivity contribution in [3.8, 4) is 5.75 Å². The standard InChI is InChI=1S/C9H10Cl2O3S/c1-7-6-8(2-3-9(7)10)14-4-5-15(11,12)13/h2-3,6H,4-5H2,1H3. The summed E-state index contributed by atoms with van der Waals surface area (Å²) in [5.41, 5.74) is 0.878. The van der Waals surface area contributed by atoms with Gasteiger partial charge in [0.1, 0.15) is 12.4 Å². The van der Waals surface area contributed by atoms with Gasteiger partial charge in [-0.3, -0.25) is 0 Å². The van der Waals surface area contributed by atoms with Crippen molar-refractivity contribution in [2.24, 2.45) is 0 Å². The zero-order valence-corrected chi connectivity index (χ0v) is 10.4. The fraction of sp³-hybridized carbons (Fsp3) is 0.333. The Morgan fingerprint density at radius 1 is 1.40 bits per heavy atom. The van der Waals surface area contributed by atoms with Crippen molar-refractivity contribution in [3.05, 3.63) is 28.8 Å². The van der Waals surface area contributed by atoms with Crippen molar-refractivity contribution in [2.75, 3.05) is 12.4 Å². The van der Waals surface area contributed by atoms with Crippen LogP contribution in [-0.2, 0) is 9.05 Å². The maximum Gasteiger partial charge on any atom is 0.235 e. The fourth-order valence-corrected chi connectivity index (χ4v) is 1.55. The van der Waals surface area contributed by atoms with Crippen LogP contribution < -0.4 is 4.74 Å². The second kappa shape index (κ2) is 5.05. The van der Waals surface area contributed by atoms with E-state index in [2.05, 4.69) is 0 Å². The number of benzene rings is 1. The van der Waals surface area contributed by atoms with Gasteiger partial charge in [0, 0.05) is 15.7 Å². The second-order valence-electron chi connectivity index (χ2n) is 3.00. The first-order valence-electron chi connectivity index (χ1n) is 4.20. The van der Waals surface area contributed by atoms with Gasteiger partial charge < -0.3 is 4.74 Å². The summed E-state index contributed by atoms with van der Waals surface area (Å²) in [4.78, 5) is 0. The predicted molar refractivity (Wildman–Crippen MR) is 61.3 cm³/mol.